The number of rotatable bonds is 6. The summed E-state index contributed by atoms with van der Waals surface area (Å²) in [5.74, 6) is 0. The highest BCUT2D eigenvalue weighted by Gasteiger charge is 2.10. The maximum absolute atomic E-state index is 12.8. The Labute approximate surface area is 169 Å². The van der Waals surface area contributed by atoms with E-state index < -0.39 is 0 Å². The standard InChI is InChI=1S/C22H26N6O/c1-5-26(11-10-25(3)4)18-7-9-21-24-19(12-22(29)28(21)15-18)17-6-8-20-23-16(2)13-27(20)14-17/h6-9,12-15H,5,10-11H2,1-4H3. The fourth-order valence-corrected chi connectivity index (χ4v) is 3.49. The molecule has 0 bridgehead atoms. The highest BCUT2D eigenvalue weighted by Crippen LogP contribution is 2.19. The molecule has 0 aliphatic carbocycles. The first-order chi connectivity index (χ1) is 13.9. The van der Waals surface area contributed by atoms with E-state index in [2.05, 4.69) is 35.8 Å². The van der Waals surface area contributed by atoms with Crippen molar-refractivity contribution in [1.82, 2.24) is 23.7 Å². The Balaban J connectivity index is 1.72. The monoisotopic (exact) mass is 390 g/mol. The van der Waals surface area contributed by atoms with Crippen LogP contribution in [0.25, 0.3) is 22.6 Å². The summed E-state index contributed by atoms with van der Waals surface area (Å²) in [6.45, 7) is 6.82. The Morgan fingerprint density at radius 1 is 0.966 bits per heavy atom. The topological polar surface area (TPSA) is 58.2 Å². The molecule has 0 spiro atoms. The van der Waals surface area contributed by atoms with Crippen LogP contribution < -0.4 is 10.5 Å². The van der Waals surface area contributed by atoms with Gasteiger partial charge < -0.3 is 14.2 Å². The average molecular weight is 390 g/mol. The molecular formula is C22H26N6O. The zero-order valence-electron chi connectivity index (χ0n) is 17.3. The first-order valence-electron chi connectivity index (χ1n) is 9.83. The number of likely N-dealkylation sites (N-methyl/N-ethyl adjacent to an activating group) is 2. The second-order valence-electron chi connectivity index (χ2n) is 7.54. The van der Waals surface area contributed by atoms with E-state index in [9.17, 15) is 4.79 Å². The van der Waals surface area contributed by atoms with Crippen LogP contribution in [0.4, 0.5) is 5.69 Å². The molecule has 4 aromatic rings. The van der Waals surface area contributed by atoms with Gasteiger partial charge in [-0.1, -0.05) is 0 Å². The van der Waals surface area contributed by atoms with E-state index in [4.69, 9.17) is 4.98 Å². The first kappa shape index (κ1) is 19.1. The van der Waals surface area contributed by atoms with E-state index in [-0.39, 0.29) is 5.56 Å². The molecule has 7 nitrogen and oxygen atoms in total. The van der Waals surface area contributed by atoms with Crippen molar-refractivity contribution in [3.05, 3.63) is 65.0 Å². The zero-order chi connectivity index (χ0) is 20.5. The highest BCUT2D eigenvalue weighted by molar-refractivity contribution is 5.64. The molecule has 0 aliphatic heterocycles. The summed E-state index contributed by atoms with van der Waals surface area (Å²) < 4.78 is 3.58. The van der Waals surface area contributed by atoms with Crippen LogP contribution in [0.5, 0.6) is 0 Å². The van der Waals surface area contributed by atoms with Crippen LogP contribution in [0.1, 0.15) is 12.6 Å². The summed E-state index contributed by atoms with van der Waals surface area (Å²) in [4.78, 5) is 26.4. The van der Waals surface area contributed by atoms with Gasteiger partial charge in [-0.05, 0) is 52.2 Å². The minimum atomic E-state index is -0.0857. The van der Waals surface area contributed by atoms with Crippen LogP contribution in [0.3, 0.4) is 0 Å². The number of hydrogen-bond acceptors (Lipinski definition) is 5. The largest absolute Gasteiger partial charge is 0.369 e. The summed E-state index contributed by atoms with van der Waals surface area (Å²) in [5.41, 5.74) is 4.96. The molecule has 4 rings (SSSR count). The number of imidazole rings is 1. The Bertz CT molecular complexity index is 1220. The zero-order valence-corrected chi connectivity index (χ0v) is 17.3. The van der Waals surface area contributed by atoms with Gasteiger partial charge in [-0.25, -0.2) is 9.97 Å². The average Bonchev–Trinajstić information content (AvgIpc) is 3.07. The molecule has 4 aromatic heterocycles. The number of fused-ring (bicyclic) bond motifs is 2. The molecule has 0 unspecified atom stereocenters. The molecule has 0 atom stereocenters. The SMILES string of the molecule is CCN(CCN(C)C)c1ccc2nc(-c3ccc4nc(C)cn4c3)cc(=O)n2c1. The van der Waals surface area contributed by atoms with Crippen LogP contribution in [0.15, 0.2) is 53.7 Å². The lowest BCUT2D eigenvalue weighted by Crippen LogP contribution is -2.32. The molecule has 0 amide bonds. The molecule has 0 radical (unpaired) electrons. The summed E-state index contributed by atoms with van der Waals surface area (Å²) in [6, 6.07) is 9.44. The lowest BCUT2D eigenvalue weighted by molar-refractivity contribution is 0.414. The Morgan fingerprint density at radius 3 is 2.52 bits per heavy atom. The second-order valence-corrected chi connectivity index (χ2v) is 7.54. The summed E-state index contributed by atoms with van der Waals surface area (Å²) in [7, 11) is 4.12. The van der Waals surface area contributed by atoms with Crippen molar-refractivity contribution in [3.63, 3.8) is 0 Å². The van der Waals surface area contributed by atoms with Gasteiger partial charge in [0, 0.05) is 49.9 Å². The maximum Gasteiger partial charge on any atom is 0.258 e. The van der Waals surface area contributed by atoms with Crippen molar-refractivity contribution in [3.8, 4) is 11.3 Å². The third-order valence-electron chi connectivity index (χ3n) is 5.08. The minimum Gasteiger partial charge on any atom is -0.369 e. The van der Waals surface area contributed by atoms with Gasteiger partial charge in [0.15, 0.2) is 0 Å². The van der Waals surface area contributed by atoms with Crippen molar-refractivity contribution < 1.29 is 0 Å². The lowest BCUT2D eigenvalue weighted by atomic mass is 10.2. The molecule has 29 heavy (non-hydrogen) atoms. The van der Waals surface area contributed by atoms with Crippen LogP contribution >= 0.6 is 0 Å². The molecule has 0 saturated heterocycles. The van der Waals surface area contributed by atoms with Crippen molar-refractivity contribution in [2.24, 2.45) is 0 Å². The minimum absolute atomic E-state index is 0.0857. The summed E-state index contributed by atoms with van der Waals surface area (Å²) in [6.07, 6.45) is 5.81. The molecule has 150 valence electrons. The van der Waals surface area contributed by atoms with E-state index in [1.54, 1.807) is 10.5 Å². The van der Waals surface area contributed by atoms with Gasteiger partial charge >= 0.3 is 0 Å². The maximum atomic E-state index is 12.8. The molecule has 0 fully saturated rings. The highest BCUT2D eigenvalue weighted by atomic mass is 16.1. The summed E-state index contributed by atoms with van der Waals surface area (Å²) in [5, 5.41) is 0. The van der Waals surface area contributed by atoms with Crippen molar-refractivity contribution in [2.45, 2.75) is 13.8 Å². The first-order valence-corrected chi connectivity index (χ1v) is 9.83. The number of hydrogen-bond donors (Lipinski definition) is 0. The Kier molecular flexibility index (Phi) is 5.07. The van der Waals surface area contributed by atoms with Crippen LogP contribution in [0, 0.1) is 6.92 Å². The van der Waals surface area contributed by atoms with Gasteiger partial charge in [-0.2, -0.15) is 0 Å². The predicted octanol–water partition coefficient (Wildman–Crippen LogP) is 2.71. The van der Waals surface area contributed by atoms with Gasteiger partial charge in [0.1, 0.15) is 11.3 Å². The lowest BCUT2D eigenvalue weighted by Gasteiger charge is -2.25. The normalized spacial score (nSPS) is 11.6. The number of anilines is 1. The fourth-order valence-electron chi connectivity index (χ4n) is 3.49. The molecule has 7 heteroatoms. The molecule has 0 saturated carbocycles. The van der Waals surface area contributed by atoms with Crippen molar-refractivity contribution in [1.29, 1.82) is 0 Å². The Morgan fingerprint density at radius 2 is 1.76 bits per heavy atom. The van der Waals surface area contributed by atoms with Gasteiger partial charge in [0.05, 0.1) is 17.1 Å². The van der Waals surface area contributed by atoms with E-state index in [1.807, 2.05) is 54.2 Å². The van der Waals surface area contributed by atoms with Crippen molar-refractivity contribution >= 4 is 17.0 Å². The molecule has 0 aromatic carbocycles. The number of pyridine rings is 2. The van der Waals surface area contributed by atoms with Gasteiger partial charge in [-0.3, -0.25) is 9.20 Å². The smallest absolute Gasteiger partial charge is 0.258 e. The third kappa shape index (κ3) is 3.86. The van der Waals surface area contributed by atoms with Crippen LogP contribution in [0.2, 0.25) is 0 Å². The predicted molar refractivity (Wildman–Crippen MR) is 117 cm³/mol. The molecule has 0 N–H and O–H groups in total. The van der Waals surface area contributed by atoms with Gasteiger partial charge in [-0.15, -0.1) is 0 Å². The van der Waals surface area contributed by atoms with Crippen LogP contribution in [-0.4, -0.2) is 57.4 Å². The number of nitrogens with zero attached hydrogens (tertiary/aromatic N) is 6. The molecular weight excluding hydrogens is 364 g/mol. The van der Waals surface area contributed by atoms with E-state index in [0.29, 0.717) is 11.3 Å². The third-order valence-corrected chi connectivity index (χ3v) is 5.08. The van der Waals surface area contributed by atoms with Crippen LogP contribution in [-0.2, 0) is 0 Å². The van der Waals surface area contributed by atoms with Gasteiger partial charge in [0.2, 0.25) is 0 Å². The van der Waals surface area contributed by atoms with E-state index >= 15 is 0 Å². The van der Waals surface area contributed by atoms with Crippen molar-refractivity contribution in [2.75, 3.05) is 38.6 Å². The van der Waals surface area contributed by atoms with Gasteiger partial charge in [0.25, 0.3) is 5.56 Å². The summed E-state index contributed by atoms with van der Waals surface area (Å²) >= 11 is 0. The fraction of sp³-hybridized carbons (Fsp3) is 0.318. The Hall–Kier alpha value is -3.19. The number of aryl methyl sites for hydroxylation is 1. The number of aromatic nitrogens is 4. The van der Waals surface area contributed by atoms with E-state index in [0.717, 1.165) is 42.2 Å². The second kappa shape index (κ2) is 7.67. The van der Waals surface area contributed by atoms with E-state index in [1.165, 1.54) is 0 Å². The molecule has 4 heterocycles. The molecule has 0 aliphatic rings. The quantitative estimate of drug-likeness (QED) is 0.507.